The molecule has 1 saturated heterocycles. The summed E-state index contributed by atoms with van der Waals surface area (Å²) in [5.74, 6) is 1.83. The largest absolute Gasteiger partial charge is 0.345 e. The Hall–Kier alpha value is -0.280. The number of amides is 1. The smallest absolute Gasteiger partial charge is 0.230 e. The van der Waals surface area contributed by atoms with E-state index in [0.29, 0.717) is 11.8 Å². The molecule has 0 aromatic carbocycles. The van der Waals surface area contributed by atoms with E-state index in [1.54, 1.807) is 0 Å². The van der Waals surface area contributed by atoms with Crippen LogP contribution in [0.3, 0.4) is 0 Å². The minimum Gasteiger partial charge on any atom is -0.345 e. The van der Waals surface area contributed by atoms with Gasteiger partial charge in [0.15, 0.2) is 0 Å². The number of carbonyl (C=O) groups excluding carboxylic acids is 1. The Kier molecular flexibility index (Phi) is 4.22. The van der Waals surface area contributed by atoms with Crippen LogP contribution in [0.15, 0.2) is 0 Å². The molecule has 18 heavy (non-hydrogen) atoms. The number of carbonyl (C=O) groups is 1. The molecule has 1 amide bonds. The van der Waals surface area contributed by atoms with Crippen molar-refractivity contribution in [2.45, 2.75) is 38.5 Å². The van der Waals surface area contributed by atoms with E-state index in [1.165, 1.54) is 32.1 Å². The van der Waals surface area contributed by atoms with E-state index in [9.17, 15) is 4.79 Å². The number of nitrogens with zero attached hydrogens (tertiary/aromatic N) is 1. The highest BCUT2D eigenvalue weighted by molar-refractivity contribution is 5.85. The summed E-state index contributed by atoms with van der Waals surface area (Å²) in [5, 5.41) is 3.46. The molecular formula is C14H25ClN2O. The highest BCUT2D eigenvalue weighted by Crippen LogP contribution is 2.45. The monoisotopic (exact) mass is 272 g/mol. The Labute approximate surface area is 116 Å². The van der Waals surface area contributed by atoms with Crippen LogP contribution in [0.5, 0.6) is 0 Å². The molecule has 4 heteroatoms. The summed E-state index contributed by atoms with van der Waals surface area (Å²) in [5.41, 5.74) is -0.0398. The van der Waals surface area contributed by atoms with Crippen molar-refractivity contribution in [2.75, 3.05) is 26.7 Å². The molecule has 1 N–H and O–H groups in total. The minimum absolute atomic E-state index is 0. The van der Waals surface area contributed by atoms with Crippen LogP contribution in [-0.2, 0) is 4.79 Å². The summed E-state index contributed by atoms with van der Waals surface area (Å²) in [4.78, 5) is 14.8. The van der Waals surface area contributed by atoms with Crippen LogP contribution < -0.4 is 5.32 Å². The van der Waals surface area contributed by atoms with Gasteiger partial charge < -0.3 is 10.2 Å². The summed E-state index contributed by atoms with van der Waals surface area (Å²) in [6, 6.07) is 0. The fraction of sp³-hybridized carbons (Fsp3) is 0.929. The van der Waals surface area contributed by atoms with Gasteiger partial charge in [-0.2, -0.15) is 0 Å². The number of halogens is 1. The Morgan fingerprint density at radius 1 is 1.33 bits per heavy atom. The number of rotatable bonds is 3. The molecule has 0 aromatic heterocycles. The lowest BCUT2D eigenvalue weighted by molar-refractivity contribution is -0.144. The van der Waals surface area contributed by atoms with Gasteiger partial charge >= 0.3 is 0 Å². The van der Waals surface area contributed by atoms with Crippen LogP contribution in [-0.4, -0.2) is 37.5 Å². The van der Waals surface area contributed by atoms with Crippen LogP contribution >= 0.6 is 12.4 Å². The topological polar surface area (TPSA) is 32.3 Å². The second-order valence-electron chi connectivity index (χ2n) is 6.36. The van der Waals surface area contributed by atoms with Gasteiger partial charge in [0.1, 0.15) is 0 Å². The van der Waals surface area contributed by atoms with E-state index in [1.807, 2.05) is 11.9 Å². The SMILES string of the molecule is CN(CC1CC1)C(=O)[C@@]12CCCC[C@H]1CNC2.Cl. The fourth-order valence-corrected chi connectivity index (χ4v) is 3.82. The molecular weight excluding hydrogens is 248 g/mol. The molecule has 0 aromatic rings. The van der Waals surface area contributed by atoms with Crippen LogP contribution in [0.4, 0.5) is 0 Å². The fourth-order valence-electron chi connectivity index (χ4n) is 3.82. The number of hydrogen-bond acceptors (Lipinski definition) is 2. The number of fused-ring (bicyclic) bond motifs is 1. The summed E-state index contributed by atoms with van der Waals surface area (Å²) in [7, 11) is 2.01. The molecule has 1 aliphatic heterocycles. The molecule has 2 saturated carbocycles. The zero-order valence-corrected chi connectivity index (χ0v) is 12.1. The zero-order chi connectivity index (χ0) is 11.9. The number of hydrogen-bond donors (Lipinski definition) is 1. The van der Waals surface area contributed by atoms with Crippen LogP contribution in [0.2, 0.25) is 0 Å². The van der Waals surface area contributed by atoms with Crippen molar-refractivity contribution in [3.8, 4) is 0 Å². The second-order valence-corrected chi connectivity index (χ2v) is 6.36. The Bertz CT molecular complexity index is 319. The first-order valence-corrected chi connectivity index (χ1v) is 7.19. The molecule has 0 spiro atoms. The second kappa shape index (κ2) is 5.38. The third kappa shape index (κ3) is 2.39. The summed E-state index contributed by atoms with van der Waals surface area (Å²) in [6.07, 6.45) is 7.56. The standard InChI is InChI=1S/C14H24N2O.ClH/c1-16(9-11-5-6-11)13(17)14-7-3-2-4-12(14)8-15-10-14;/h11-12,15H,2-10H2,1H3;1H/t12-,14+;/m0./s1. The van der Waals surface area contributed by atoms with E-state index >= 15 is 0 Å². The molecule has 2 atom stereocenters. The molecule has 2 aliphatic carbocycles. The molecule has 0 unspecified atom stereocenters. The minimum atomic E-state index is -0.0398. The van der Waals surface area contributed by atoms with Gasteiger partial charge in [-0.3, -0.25) is 4.79 Å². The maximum Gasteiger partial charge on any atom is 0.230 e. The normalized spacial score (nSPS) is 34.6. The van der Waals surface area contributed by atoms with Crippen molar-refractivity contribution < 1.29 is 4.79 Å². The van der Waals surface area contributed by atoms with E-state index in [-0.39, 0.29) is 17.8 Å². The van der Waals surface area contributed by atoms with Gasteiger partial charge in [-0.15, -0.1) is 12.4 Å². The summed E-state index contributed by atoms with van der Waals surface area (Å²) in [6.45, 7) is 2.97. The highest BCUT2D eigenvalue weighted by atomic mass is 35.5. The van der Waals surface area contributed by atoms with Crippen molar-refractivity contribution in [1.82, 2.24) is 10.2 Å². The van der Waals surface area contributed by atoms with E-state index < -0.39 is 0 Å². The third-order valence-corrected chi connectivity index (χ3v) is 5.04. The zero-order valence-electron chi connectivity index (χ0n) is 11.3. The predicted molar refractivity (Wildman–Crippen MR) is 74.9 cm³/mol. The first-order chi connectivity index (χ1) is 8.22. The first kappa shape index (κ1) is 14.1. The van der Waals surface area contributed by atoms with Gasteiger partial charge in [0, 0.05) is 20.1 Å². The van der Waals surface area contributed by atoms with E-state index in [2.05, 4.69) is 5.32 Å². The predicted octanol–water partition coefficient (Wildman–Crippen LogP) is 2.06. The Morgan fingerprint density at radius 2 is 2.11 bits per heavy atom. The lowest BCUT2D eigenvalue weighted by atomic mass is 9.67. The van der Waals surface area contributed by atoms with Crippen molar-refractivity contribution in [1.29, 1.82) is 0 Å². The third-order valence-electron chi connectivity index (χ3n) is 5.04. The van der Waals surface area contributed by atoms with Gasteiger partial charge in [0.05, 0.1) is 5.41 Å². The van der Waals surface area contributed by atoms with Crippen molar-refractivity contribution >= 4 is 18.3 Å². The maximum absolute atomic E-state index is 12.8. The molecule has 3 nitrogen and oxygen atoms in total. The molecule has 0 bridgehead atoms. The van der Waals surface area contributed by atoms with Crippen molar-refractivity contribution in [3.63, 3.8) is 0 Å². The quantitative estimate of drug-likeness (QED) is 0.853. The van der Waals surface area contributed by atoms with Crippen LogP contribution in [0, 0.1) is 17.3 Å². The molecule has 3 aliphatic rings. The summed E-state index contributed by atoms with van der Waals surface area (Å²) >= 11 is 0. The lowest BCUT2D eigenvalue weighted by Gasteiger charge is -2.39. The molecule has 1 heterocycles. The average molecular weight is 273 g/mol. The van der Waals surface area contributed by atoms with Gasteiger partial charge in [0.2, 0.25) is 5.91 Å². The maximum atomic E-state index is 12.8. The highest BCUT2D eigenvalue weighted by Gasteiger charge is 2.51. The van der Waals surface area contributed by atoms with Crippen LogP contribution in [0.25, 0.3) is 0 Å². The van der Waals surface area contributed by atoms with Crippen LogP contribution in [0.1, 0.15) is 38.5 Å². The lowest BCUT2D eigenvalue weighted by Crippen LogP contribution is -2.48. The van der Waals surface area contributed by atoms with Gasteiger partial charge in [0.25, 0.3) is 0 Å². The Balaban J connectivity index is 0.00000120. The molecule has 104 valence electrons. The van der Waals surface area contributed by atoms with Gasteiger partial charge in [-0.1, -0.05) is 12.8 Å². The molecule has 0 radical (unpaired) electrons. The van der Waals surface area contributed by atoms with Gasteiger partial charge in [-0.25, -0.2) is 0 Å². The number of nitrogens with one attached hydrogen (secondary N) is 1. The Morgan fingerprint density at radius 3 is 2.83 bits per heavy atom. The van der Waals surface area contributed by atoms with E-state index in [4.69, 9.17) is 0 Å². The van der Waals surface area contributed by atoms with Gasteiger partial charge in [-0.05, 0) is 44.1 Å². The summed E-state index contributed by atoms with van der Waals surface area (Å²) < 4.78 is 0. The first-order valence-electron chi connectivity index (χ1n) is 7.19. The van der Waals surface area contributed by atoms with Crippen molar-refractivity contribution in [3.05, 3.63) is 0 Å². The van der Waals surface area contributed by atoms with Crippen molar-refractivity contribution in [2.24, 2.45) is 17.3 Å². The molecule has 3 rings (SSSR count). The van der Waals surface area contributed by atoms with E-state index in [0.717, 1.165) is 32.0 Å². The molecule has 3 fully saturated rings. The average Bonchev–Trinajstić information content (AvgIpc) is 3.04.